The van der Waals surface area contributed by atoms with E-state index in [-0.39, 0.29) is 35.1 Å². The number of carbonyl (C=O) groups is 2. The van der Waals surface area contributed by atoms with Gasteiger partial charge in [-0.15, -0.1) is 0 Å². The fourth-order valence-corrected chi connectivity index (χ4v) is 3.07. The van der Waals surface area contributed by atoms with E-state index in [4.69, 9.17) is 4.74 Å². The number of likely N-dealkylation sites (N-methyl/N-ethyl adjacent to an activating group) is 1. The third-order valence-corrected chi connectivity index (χ3v) is 4.16. The van der Waals surface area contributed by atoms with Gasteiger partial charge in [0.25, 0.3) is 0 Å². The highest BCUT2D eigenvalue weighted by atomic mass is 16.5. The van der Waals surface area contributed by atoms with Gasteiger partial charge in [-0.2, -0.15) is 0 Å². The zero-order valence-electron chi connectivity index (χ0n) is 11.5. The molecule has 2 aliphatic rings. The molecule has 0 spiro atoms. The number of likely N-dealkylation sites (tertiary alicyclic amines) is 1. The third-order valence-electron chi connectivity index (χ3n) is 4.16. The molecule has 2 rings (SSSR count). The number of hydrogen-bond acceptors (Lipinski definition) is 4. The molecule has 0 aromatic rings. The number of nitrogens with zero attached hydrogens (tertiary/aromatic N) is 1. The van der Waals surface area contributed by atoms with Crippen molar-refractivity contribution in [2.75, 3.05) is 26.8 Å². The first-order chi connectivity index (χ1) is 8.45. The maximum atomic E-state index is 12.2. The molecule has 5 nitrogen and oxygen atoms in total. The van der Waals surface area contributed by atoms with Crippen LogP contribution in [0.2, 0.25) is 0 Å². The van der Waals surface area contributed by atoms with E-state index >= 15 is 0 Å². The Morgan fingerprint density at radius 1 is 1.33 bits per heavy atom. The zero-order chi connectivity index (χ0) is 13.5. The third kappa shape index (κ3) is 1.95. The maximum absolute atomic E-state index is 12.2. The van der Waals surface area contributed by atoms with Gasteiger partial charge < -0.3 is 10.1 Å². The first-order valence-electron chi connectivity index (χ1n) is 6.52. The van der Waals surface area contributed by atoms with E-state index in [9.17, 15) is 9.59 Å². The van der Waals surface area contributed by atoms with Gasteiger partial charge in [0.1, 0.15) is 0 Å². The second-order valence-electron chi connectivity index (χ2n) is 5.77. The first-order valence-corrected chi connectivity index (χ1v) is 6.52. The summed E-state index contributed by atoms with van der Waals surface area (Å²) in [6, 6.07) is 0.0218. The number of methoxy groups -OCH3 is 1. The van der Waals surface area contributed by atoms with Gasteiger partial charge >= 0.3 is 0 Å². The zero-order valence-corrected chi connectivity index (χ0v) is 11.5. The molecule has 5 heteroatoms. The molecular formula is C13H22N2O3. The van der Waals surface area contributed by atoms with Crippen LogP contribution in [0.1, 0.15) is 20.8 Å². The molecule has 0 aromatic carbocycles. The van der Waals surface area contributed by atoms with Crippen molar-refractivity contribution in [2.45, 2.75) is 26.8 Å². The highest BCUT2D eigenvalue weighted by Gasteiger charge is 2.72. The molecule has 0 radical (unpaired) electrons. The number of hydrogen-bond donors (Lipinski definition) is 1. The highest BCUT2D eigenvalue weighted by molar-refractivity contribution is 6.10. The van der Waals surface area contributed by atoms with Crippen molar-refractivity contribution < 1.29 is 14.3 Å². The average molecular weight is 254 g/mol. The lowest BCUT2D eigenvalue weighted by atomic mass is 10.1. The topological polar surface area (TPSA) is 58.6 Å². The summed E-state index contributed by atoms with van der Waals surface area (Å²) in [6.07, 6.45) is 0. The van der Waals surface area contributed by atoms with Crippen LogP contribution in [0.4, 0.5) is 0 Å². The molecule has 1 saturated heterocycles. The molecule has 3 unspecified atom stereocenters. The largest absolute Gasteiger partial charge is 0.383 e. The van der Waals surface area contributed by atoms with Crippen LogP contribution in [0.25, 0.3) is 0 Å². The van der Waals surface area contributed by atoms with Gasteiger partial charge in [-0.3, -0.25) is 14.5 Å². The quantitative estimate of drug-likeness (QED) is 0.690. The number of amides is 2. The molecule has 0 aromatic heterocycles. The number of ether oxygens (including phenoxy) is 1. The molecule has 1 N–H and O–H groups in total. The summed E-state index contributed by atoms with van der Waals surface area (Å²) in [6.45, 7) is 7.70. The standard InChI is InChI=1S/C13H22N2O3/c1-5-14-8(7-18-4)6-15-11(16)9-10(12(15)17)13(9,2)3/h8-10,14H,5-7H2,1-4H3. The van der Waals surface area contributed by atoms with E-state index in [0.29, 0.717) is 13.2 Å². The van der Waals surface area contributed by atoms with Crippen LogP contribution in [-0.4, -0.2) is 49.6 Å². The van der Waals surface area contributed by atoms with Crippen LogP contribution in [0.3, 0.4) is 0 Å². The van der Waals surface area contributed by atoms with E-state index in [0.717, 1.165) is 6.54 Å². The molecule has 2 amide bonds. The summed E-state index contributed by atoms with van der Waals surface area (Å²) in [4.78, 5) is 25.7. The van der Waals surface area contributed by atoms with Gasteiger partial charge in [0.05, 0.1) is 18.4 Å². The molecule has 3 atom stereocenters. The Kier molecular flexibility index (Phi) is 3.47. The number of carbonyl (C=O) groups excluding carboxylic acids is 2. The van der Waals surface area contributed by atoms with Crippen molar-refractivity contribution in [2.24, 2.45) is 17.3 Å². The van der Waals surface area contributed by atoms with E-state index in [2.05, 4.69) is 5.32 Å². The summed E-state index contributed by atoms with van der Waals surface area (Å²) in [7, 11) is 1.62. The van der Waals surface area contributed by atoms with Crippen molar-refractivity contribution in [1.82, 2.24) is 10.2 Å². The number of fused-ring (bicyclic) bond motifs is 1. The van der Waals surface area contributed by atoms with E-state index < -0.39 is 0 Å². The molecule has 1 aliphatic heterocycles. The lowest BCUT2D eigenvalue weighted by molar-refractivity contribution is -0.143. The van der Waals surface area contributed by atoms with Crippen molar-refractivity contribution in [3.63, 3.8) is 0 Å². The Morgan fingerprint density at radius 3 is 2.33 bits per heavy atom. The highest BCUT2D eigenvalue weighted by Crippen LogP contribution is 2.63. The molecule has 0 bridgehead atoms. The number of piperidine rings is 1. The van der Waals surface area contributed by atoms with Crippen LogP contribution < -0.4 is 5.32 Å². The number of rotatable bonds is 6. The Bertz CT molecular complexity index is 337. The van der Waals surface area contributed by atoms with Crippen LogP contribution in [0.15, 0.2) is 0 Å². The summed E-state index contributed by atoms with van der Waals surface area (Å²) >= 11 is 0. The van der Waals surface area contributed by atoms with Crippen LogP contribution in [-0.2, 0) is 14.3 Å². The maximum Gasteiger partial charge on any atom is 0.233 e. The van der Waals surface area contributed by atoms with E-state index in [1.165, 1.54) is 4.90 Å². The Balaban J connectivity index is 1.99. The molecule has 1 heterocycles. The Morgan fingerprint density at radius 2 is 1.89 bits per heavy atom. The van der Waals surface area contributed by atoms with E-state index in [1.54, 1.807) is 7.11 Å². The van der Waals surface area contributed by atoms with Gasteiger partial charge in [-0.1, -0.05) is 20.8 Å². The molecular weight excluding hydrogens is 232 g/mol. The van der Waals surface area contributed by atoms with Crippen molar-refractivity contribution in [3.05, 3.63) is 0 Å². The van der Waals surface area contributed by atoms with Crippen LogP contribution in [0, 0.1) is 17.3 Å². The fraction of sp³-hybridized carbons (Fsp3) is 0.846. The summed E-state index contributed by atoms with van der Waals surface area (Å²) in [5.74, 6) is -0.187. The number of nitrogens with one attached hydrogen (secondary N) is 1. The predicted molar refractivity (Wildman–Crippen MR) is 66.8 cm³/mol. The average Bonchev–Trinajstić information content (AvgIpc) is 2.77. The molecule has 1 aliphatic carbocycles. The normalized spacial score (nSPS) is 30.6. The Labute approximate surface area is 108 Å². The van der Waals surface area contributed by atoms with Gasteiger partial charge in [0.15, 0.2) is 0 Å². The van der Waals surface area contributed by atoms with Crippen LogP contribution in [0.5, 0.6) is 0 Å². The molecule has 2 fully saturated rings. The minimum absolute atomic E-state index is 0.00555. The predicted octanol–water partition coefficient (Wildman–Crippen LogP) is 0.252. The van der Waals surface area contributed by atoms with E-state index in [1.807, 2.05) is 20.8 Å². The van der Waals surface area contributed by atoms with Gasteiger partial charge in [0.2, 0.25) is 11.8 Å². The van der Waals surface area contributed by atoms with Crippen molar-refractivity contribution in [1.29, 1.82) is 0 Å². The lowest BCUT2D eigenvalue weighted by Gasteiger charge is -2.25. The fourth-order valence-electron chi connectivity index (χ4n) is 3.07. The molecule has 18 heavy (non-hydrogen) atoms. The molecule has 102 valence electrons. The minimum atomic E-state index is -0.125. The lowest BCUT2D eigenvalue weighted by Crippen LogP contribution is -2.47. The first kappa shape index (κ1) is 13.5. The van der Waals surface area contributed by atoms with Crippen molar-refractivity contribution >= 4 is 11.8 Å². The monoisotopic (exact) mass is 254 g/mol. The summed E-state index contributed by atoms with van der Waals surface area (Å²) in [5.41, 5.74) is -0.125. The minimum Gasteiger partial charge on any atom is -0.383 e. The second kappa shape index (κ2) is 4.63. The summed E-state index contributed by atoms with van der Waals surface area (Å²) < 4.78 is 5.10. The van der Waals surface area contributed by atoms with Crippen molar-refractivity contribution in [3.8, 4) is 0 Å². The summed E-state index contributed by atoms with van der Waals surface area (Å²) in [5, 5.41) is 3.23. The Hall–Kier alpha value is -0.940. The number of imide groups is 1. The van der Waals surface area contributed by atoms with Gasteiger partial charge in [-0.05, 0) is 12.0 Å². The smallest absolute Gasteiger partial charge is 0.233 e. The van der Waals surface area contributed by atoms with Gasteiger partial charge in [0, 0.05) is 19.7 Å². The second-order valence-corrected chi connectivity index (χ2v) is 5.77. The van der Waals surface area contributed by atoms with Crippen LogP contribution >= 0.6 is 0 Å². The molecule has 1 saturated carbocycles. The SMILES string of the molecule is CCNC(COC)CN1C(=O)C2C(C1=O)C2(C)C. The van der Waals surface area contributed by atoms with Gasteiger partial charge in [-0.25, -0.2) is 0 Å².